The molecule has 4 rings (SSSR count). The summed E-state index contributed by atoms with van der Waals surface area (Å²) in [7, 11) is 0. The van der Waals surface area contributed by atoms with Crippen LogP contribution in [0.5, 0.6) is 17.2 Å². The first-order chi connectivity index (χ1) is 19.2. The molecule has 1 heterocycles. The highest BCUT2D eigenvalue weighted by Gasteiger charge is 2.34. The van der Waals surface area contributed by atoms with Gasteiger partial charge in [-0.15, -0.1) is 0 Å². The third kappa shape index (κ3) is 7.24. The van der Waals surface area contributed by atoms with Gasteiger partial charge in [-0.3, -0.25) is 19.3 Å². The number of rotatable bonds is 11. The van der Waals surface area contributed by atoms with E-state index in [1.807, 2.05) is 70.2 Å². The van der Waals surface area contributed by atoms with Gasteiger partial charge in [0.25, 0.3) is 17.1 Å². The number of nitrogens with one attached hydrogen (secondary N) is 1. The van der Waals surface area contributed by atoms with Crippen LogP contribution in [0.3, 0.4) is 0 Å². The van der Waals surface area contributed by atoms with E-state index in [1.54, 1.807) is 24.3 Å². The second kappa shape index (κ2) is 13.2. The SMILES string of the molecule is CCOc1cc(/C=C2\SC(=O)N(CCOc3ccc(C)cc3)C2=O)ccc1OCC(=O)Nc1cccc(C)c1C. The molecule has 1 aliphatic rings. The molecule has 3 amide bonds. The minimum absolute atomic E-state index is 0.150. The molecule has 3 aromatic carbocycles. The number of hydrogen-bond donors (Lipinski definition) is 1. The molecule has 0 bridgehead atoms. The maximum absolute atomic E-state index is 12.9. The molecule has 0 aliphatic carbocycles. The predicted molar refractivity (Wildman–Crippen MR) is 157 cm³/mol. The topological polar surface area (TPSA) is 94.2 Å². The number of thioether (sulfide) groups is 1. The third-order valence-corrected chi connectivity index (χ3v) is 7.19. The highest BCUT2D eigenvalue weighted by molar-refractivity contribution is 8.18. The zero-order valence-corrected chi connectivity index (χ0v) is 23.8. The number of carbonyl (C=O) groups is 3. The number of carbonyl (C=O) groups excluding carboxylic acids is 3. The Morgan fingerprint density at radius 1 is 0.950 bits per heavy atom. The summed E-state index contributed by atoms with van der Waals surface area (Å²) in [5, 5.41) is 2.53. The predicted octanol–water partition coefficient (Wildman–Crippen LogP) is 6.14. The highest BCUT2D eigenvalue weighted by atomic mass is 32.2. The van der Waals surface area contributed by atoms with Crippen LogP contribution in [0, 0.1) is 20.8 Å². The Kier molecular flexibility index (Phi) is 9.50. The molecule has 0 spiro atoms. The van der Waals surface area contributed by atoms with E-state index in [0.717, 1.165) is 34.1 Å². The van der Waals surface area contributed by atoms with Crippen LogP contribution in [0.4, 0.5) is 10.5 Å². The van der Waals surface area contributed by atoms with Crippen LogP contribution < -0.4 is 19.5 Å². The summed E-state index contributed by atoms with van der Waals surface area (Å²) >= 11 is 0.883. The van der Waals surface area contributed by atoms with Crippen LogP contribution >= 0.6 is 11.8 Å². The molecule has 1 saturated heterocycles. The van der Waals surface area contributed by atoms with Gasteiger partial charge in [0.1, 0.15) is 12.4 Å². The molecule has 0 aromatic heterocycles. The van der Waals surface area contributed by atoms with E-state index in [2.05, 4.69) is 5.32 Å². The molecule has 0 atom stereocenters. The van der Waals surface area contributed by atoms with Gasteiger partial charge in [-0.2, -0.15) is 0 Å². The molecule has 1 fully saturated rings. The summed E-state index contributed by atoms with van der Waals surface area (Å²) in [5.74, 6) is 0.851. The standard InChI is InChI=1S/C31H32N2O6S/c1-5-37-27-17-23(11-14-26(27)39-19-29(34)32-25-8-6-7-21(3)22(25)4)18-28-30(35)33(31(36)40-28)15-16-38-24-12-9-20(2)10-13-24/h6-14,17-18H,5,15-16,19H2,1-4H3,(H,32,34)/b28-18-. The van der Waals surface area contributed by atoms with E-state index < -0.39 is 0 Å². The Morgan fingerprint density at radius 3 is 2.48 bits per heavy atom. The minimum Gasteiger partial charge on any atom is -0.492 e. The molecule has 8 nitrogen and oxygen atoms in total. The lowest BCUT2D eigenvalue weighted by Crippen LogP contribution is -2.32. The zero-order valence-electron chi connectivity index (χ0n) is 23.0. The maximum atomic E-state index is 12.9. The number of ether oxygens (including phenoxy) is 3. The van der Waals surface area contributed by atoms with Gasteiger partial charge >= 0.3 is 0 Å². The summed E-state index contributed by atoms with van der Waals surface area (Å²) in [5.41, 5.74) is 4.61. The first-order valence-corrected chi connectivity index (χ1v) is 13.8. The van der Waals surface area contributed by atoms with Crippen molar-refractivity contribution in [3.8, 4) is 17.2 Å². The van der Waals surface area contributed by atoms with Crippen molar-refractivity contribution >= 4 is 40.6 Å². The first kappa shape index (κ1) is 28.8. The molecule has 1 aliphatic heterocycles. The van der Waals surface area contributed by atoms with Crippen molar-refractivity contribution in [3.63, 3.8) is 0 Å². The van der Waals surface area contributed by atoms with Gasteiger partial charge in [0, 0.05) is 5.69 Å². The summed E-state index contributed by atoms with van der Waals surface area (Å²) in [6.45, 7) is 8.30. The smallest absolute Gasteiger partial charge is 0.293 e. The minimum atomic E-state index is -0.371. The monoisotopic (exact) mass is 560 g/mol. The lowest BCUT2D eigenvalue weighted by atomic mass is 10.1. The zero-order chi connectivity index (χ0) is 28.6. The highest BCUT2D eigenvalue weighted by Crippen LogP contribution is 2.34. The van der Waals surface area contributed by atoms with Gasteiger partial charge in [0.2, 0.25) is 0 Å². The average molecular weight is 561 g/mol. The number of amides is 3. The lowest BCUT2D eigenvalue weighted by molar-refractivity contribution is -0.123. The maximum Gasteiger partial charge on any atom is 0.293 e. The van der Waals surface area contributed by atoms with E-state index in [0.29, 0.717) is 34.3 Å². The third-order valence-electron chi connectivity index (χ3n) is 6.28. The molecule has 0 saturated carbocycles. The van der Waals surface area contributed by atoms with Crippen LogP contribution in [0.1, 0.15) is 29.2 Å². The summed E-state index contributed by atoms with van der Waals surface area (Å²) in [6, 6.07) is 18.4. The molecule has 9 heteroatoms. The van der Waals surface area contributed by atoms with Crippen molar-refractivity contribution in [2.45, 2.75) is 27.7 Å². The first-order valence-electron chi connectivity index (χ1n) is 13.0. The summed E-state index contributed by atoms with van der Waals surface area (Å²) < 4.78 is 17.2. The van der Waals surface area contributed by atoms with Crippen molar-refractivity contribution in [1.29, 1.82) is 0 Å². The Labute approximate surface area is 238 Å². The van der Waals surface area contributed by atoms with Gasteiger partial charge in [0.05, 0.1) is 18.1 Å². The van der Waals surface area contributed by atoms with Crippen molar-refractivity contribution in [2.24, 2.45) is 0 Å². The fourth-order valence-electron chi connectivity index (χ4n) is 3.95. The molecular formula is C31H32N2O6S. The van der Waals surface area contributed by atoms with Gasteiger partial charge < -0.3 is 19.5 Å². The molecule has 3 aromatic rings. The van der Waals surface area contributed by atoms with E-state index in [9.17, 15) is 14.4 Å². The summed E-state index contributed by atoms with van der Waals surface area (Å²) in [4.78, 5) is 39.4. The molecule has 208 valence electrons. The quantitative estimate of drug-likeness (QED) is 0.281. The number of benzene rings is 3. The van der Waals surface area contributed by atoms with Gasteiger partial charge in [-0.1, -0.05) is 35.9 Å². The number of imide groups is 1. The van der Waals surface area contributed by atoms with Crippen molar-refractivity contribution in [3.05, 3.63) is 87.8 Å². The second-order valence-corrected chi connectivity index (χ2v) is 10.2. The van der Waals surface area contributed by atoms with Gasteiger partial charge in [-0.25, -0.2) is 0 Å². The molecule has 0 radical (unpaired) electrons. The van der Waals surface area contributed by atoms with E-state index >= 15 is 0 Å². The number of nitrogens with zero attached hydrogens (tertiary/aromatic N) is 1. The van der Waals surface area contributed by atoms with Crippen LogP contribution in [0.15, 0.2) is 65.6 Å². The van der Waals surface area contributed by atoms with Crippen molar-refractivity contribution < 1.29 is 28.6 Å². The molecular weight excluding hydrogens is 528 g/mol. The number of aryl methyl sites for hydroxylation is 2. The molecule has 40 heavy (non-hydrogen) atoms. The second-order valence-electron chi connectivity index (χ2n) is 9.22. The lowest BCUT2D eigenvalue weighted by Gasteiger charge is -2.14. The van der Waals surface area contributed by atoms with E-state index in [1.165, 1.54) is 4.90 Å². The number of anilines is 1. The van der Waals surface area contributed by atoms with Crippen LogP contribution in [-0.4, -0.2) is 48.3 Å². The molecule has 1 N–H and O–H groups in total. The normalized spacial score (nSPS) is 14.0. The van der Waals surface area contributed by atoms with Gasteiger partial charge in [-0.05, 0) is 92.6 Å². The van der Waals surface area contributed by atoms with Crippen LogP contribution in [0.2, 0.25) is 0 Å². The average Bonchev–Trinajstić information content (AvgIpc) is 3.19. The summed E-state index contributed by atoms with van der Waals surface area (Å²) in [6.07, 6.45) is 1.64. The van der Waals surface area contributed by atoms with Crippen molar-refractivity contribution in [2.75, 3.05) is 31.7 Å². The fourth-order valence-corrected chi connectivity index (χ4v) is 4.82. The Hall–Kier alpha value is -4.24. The Morgan fingerprint density at radius 2 is 1.73 bits per heavy atom. The van der Waals surface area contributed by atoms with Gasteiger partial charge in [0.15, 0.2) is 18.1 Å². The molecule has 0 unspecified atom stereocenters. The van der Waals surface area contributed by atoms with E-state index in [4.69, 9.17) is 14.2 Å². The largest absolute Gasteiger partial charge is 0.492 e. The number of hydrogen-bond acceptors (Lipinski definition) is 7. The van der Waals surface area contributed by atoms with E-state index in [-0.39, 0.29) is 36.8 Å². The van der Waals surface area contributed by atoms with Crippen LogP contribution in [-0.2, 0) is 9.59 Å². The van der Waals surface area contributed by atoms with Crippen LogP contribution in [0.25, 0.3) is 6.08 Å². The Balaban J connectivity index is 1.38. The Bertz CT molecular complexity index is 1430. The fraction of sp³-hybridized carbons (Fsp3) is 0.258. The van der Waals surface area contributed by atoms with Crippen molar-refractivity contribution in [1.82, 2.24) is 4.90 Å².